The van der Waals surface area contributed by atoms with Gasteiger partial charge in [0.1, 0.15) is 0 Å². The van der Waals surface area contributed by atoms with Crippen molar-refractivity contribution < 1.29 is 9.59 Å². The molecule has 19 heavy (non-hydrogen) atoms. The van der Waals surface area contributed by atoms with Crippen LogP contribution in [0.15, 0.2) is 0 Å². The van der Waals surface area contributed by atoms with Crippen molar-refractivity contribution in [2.24, 2.45) is 17.8 Å². The van der Waals surface area contributed by atoms with Gasteiger partial charge in [-0.3, -0.25) is 9.59 Å². The Balaban J connectivity index is 2.36. The molecule has 110 valence electrons. The molecule has 1 rings (SSSR count). The van der Waals surface area contributed by atoms with Gasteiger partial charge in [-0.15, -0.1) is 0 Å². The zero-order valence-electron chi connectivity index (χ0n) is 12.7. The SMILES string of the molecule is CCC(C)C(=O)NCC(=O)NC1C(C)CCCC1C. The second-order valence-electron chi connectivity index (χ2n) is 6.01. The minimum Gasteiger partial charge on any atom is -0.351 e. The van der Waals surface area contributed by atoms with Gasteiger partial charge in [0.25, 0.3) is 0 Å². The Morgan fingerprint density at radius 1 is 1.21 bits per heavy atom. The van der Waals surface area contributed by atoms with E-state index < -0.39 is 0 Å². The van der Waals surface area contributed by atoms with Crippen molar-refractivity contribution in [3.05, 3.63) is 0 Å². The monoisotopic (exact) mass is 268 g/mol. The van der Waals surface area contributed by atoms with Crippen LogP contribution >= 0.6 is 0 Å². The van der Waals surface area contributed by atoms with Crippen molar-refractivity contribution in [3.63, 3.8) is 0 Å². The van der Waals surface area contributed by atoms with Gasteiger partial charge in [0.2, 0.25) is 11.8 Å². The van der Waals surface area contributed by atoms with E-state index in [-0.39, 0.29) is 30.3 Å². The van der Waals surface area contributed by atoms with Crippen LogP contribution in [0.25, 0.3) is 0 Å². The van der Waals surface area contributed by atoms with E-state index in [1.807, 2.05) is 13.8 Å². The van der Waals surface area contributed by atoms with Crippen LogP contribution in [-0.2, 0) is 9.59 Å². The maximum Gasteiger partial charge on any atom is 0.239 e. The number of hydrogen-bond donors (Lipinski definition) is 2. The molecule has 1 aliphatic carbocycles. The number of nitrogens with one attached hydrogen (secondary N) is 2. The molecular formula is C15H28N2O2. The van der Waals surface area contributed by atoms with Crippen molar-refractivity contribution in [1.29, 1.82) is 0 Å². The predicted octanol–water partition coefficient (Wildman–Crippen LogP) is 2.09. The maximum absolute atomic E-state index is 11.9. The topological polar surface area (TPSA) is 58.2 Å². The Hall–Kier alpha value is -1.06. The van der Waals surface area contributed by atoms with Gasteiger partial charge >= 0.3 is 0 Å². The Bertz CT molecular complexity index is 307. The third-order valence-electron chi connectivity index (χ3n) is 4.36. The molecule has 0 aliphatic heterocycles. The number of hydrogen-bond acceptors (Lipinski definition) is 2. The van der Waals surface area contributed by atoms with Crippen LogP contribution in [0.2, 0.25) is 0 Å². The highest BCUT2D eigenvalue weighted by Crippen LogP contribution is 2.28. The molecule has 0 bridgehead atoms. The van der Waals surface area contributed by atoms with E-state index >= 15 is 0 Å². The van der Waals surface area contributed by atoms with Crippen LogP contribution in [0.5, 0.6) is 0 Å². The molecule has 2 N–H and O–H groups in total. The molecule has 1 aliphatic rings. The molecule has 0 saturated heterocycles. The molecule has 1 fully saturated rings. The smallest absolute Gasteiger partial charge is 0.239 e. The lowest BCUT2D eigenvalue weighted by molar-refractivity contribution is -0.128. The molecule has 3 atom stereocenters. The van der Waals surface area contributed by atoms with Gasteiger partial charge in [-0.1, -0.05) is 34.1 Å². The summed E-state index contributed by atoms with van der Waals surface area (Å²) in [6.07, 6.45) is 4.40. The standard InChI is InChI=1S/C15H28N2O2/c1-5-10(2)15(19)16-9-13(18)17-14-11(3)7-6-8-12(14)4/h10-12,14H,5-9H2,1-4H3,(H,16,19)(H,17,18). The molecule has 0 aromatic rings. The van der Waals surface area contributed by atoms with E-state index in [9.17, 15) is 9.59 Å². The highest BCUT2D eigenvalue weighted by molar-refractivity contribution is 5.85. The summed E-state index contributed by atoms with van der Waals surface area (Å²) in [6.45, 7) is 8.32. The zero-order chi connectivity index (χ0) is 14.4. The highest BCUT2D eigenvalue weighted by Gasteiger charge is 2.28. The summed E-state index contributed by atoms with van der Waals surface area (Å²) in [5.74, 6) is 0.918. The second kappa shape index (κ2) is 7.51. The van der Waals surface area contributed by atoms with Crippen molar-refractivity contribution in [3.8, 4) is 0 Å². The van der Waals surface area contributed by atoms with E-state index in [1.54, 1.807) is 0 Å². The van der Waals surface area contributed by atoms with Gasteiger partial charge in [-0.2, -0.15) is 0 Å². The molecule has 0 heterocycles. The number of rotatable bonds is 5. The summed E-state index contributed by atoms with van der Waals surface area (Å²) in [6, 6.07) is 0.252. The normalized spacial score (nSPS) is 28.5. The summed E-state index contributed by atoms with van der Waals surface area (Å²) in [7, 11) is 0. The Labute approximate surface area is 116 Å². The molecule has 0 spiro atoms. The van der Waals surface area contributed by atoms with Gasteiger partial charge in [0.15, 0.2) is 0 Å². The first-order valence-electron chi connectivity index (χ1n) is 7.52. The van der Waals surface area contributed by atoms with Crippen molar-refractivity contribution in [2.45, 2.75) is 59.4 Å². The van der Waals surface area contributed by atoms with Crippen LogP contribution in [-0.4, -0.2) is 24.4 Å². The van der Waals surface area contributed by atoms with Gasteiger partial charge in [-0.25, -0.2) is 0 Å². The summed E-state index contributed by atoms with van der Waals surface area (Å²) < 4.78 is 0. The lowest BCUT2D eigenvalue weighted by Crippen LogP contribution is -2.49. The molecule has 4 heteroatoms. The van der Waals surface area contributed by atoms with Gasteiger partial charge in [0.05, 0.1) is 6.54 Å². The van der Waals surface area contributed by atoms with Gasteiger partial charge in [0, 0.05) is 12.0 Å². The van der Waals surface area contributed by atoms with Crippen LogP contribution in [0.4, 0.5) is 0 Å². The summed E-state index contributed by atoms with van der Waals surface area (Å²) >= 11 is 0. The van der Waals surface area contributed by atoms with Crippen LogP contribution in [0.1, 0.15) is 53.4 Å². The summed E-state index contributed by atoms with van der Waals surface area (Å²) in [5, 5.41) is 5.78. The number of carbonyl (C=O) groups excluding carboxylic acids is 2. The molecule has 1 saturated carbocycles. The first-order chi connectivity index (χ1) is 8.95. The maximum atomic E-state index is 11.9. The first kappa shape index (κ1) is 16.0. The molecule has 4 nitrogen and oxygen atoms in total. The molecular weight excluding hydrogens is 240 g/mol. The number of carbonyl (C=O) groups is 2. The van der Waals surface area contributed by atoms with Crippen LogP contribution in [0, 0.1) is 17.8 Å². The molecule has 0 radical (unpaired) electrons. The molecule has 3 unspecified atom stereocenters. The lowest BCUT2D eigenvalue weighted by atomic mass is 9.79. The van der Waals surface area contributed by atoms with Gasteiger partial charge < -0.3 is 10.6 Å². The summed E-state index contributed by atoms with van der Waals surface area (Å²) in [4.78, 5) is 23.5. The minimum atomic E-state index is -0.0674. The zero-order valence-corrected chi connectivity index (χ0v) is 12.7. The average Bonchev–Trinajstić information content (AvgIpc) is 2.39. The van der Waals surface area contributed by atoms with E-state index in [0.29, 0.717) is 11.8 Å². The fourth-order valence-corrected chi connectivity index (χ4v) is 2.73. The molecule has 0 aromatic heterocycles. The number of amides is 2. The van der Waals surface area contributed by atoms with E-state index in [4.69, 9.17) is 0 Å². The lowest BCUT2D eigenvalue weighted by Gasteiger charge is -2.35. The van der Waals surface area contributed by atoms with Gasteiger partial charge in [-0.05, 0) is 31.1 Å². The van der Waals surface area contributed by atoms with Crippen molar-refractivity contribution in [2.75, 3.05) is 6.54 Å². The third kappa shape index (κ3) is 4.84. The summed E-state index contributed by atoms with van der Waals surface area (Å²) in [5.41, 5.74) is 0. The first-order valence-corrected chi connectivity index (χ1v) is 7.52. The molecule has 0 aromatic carbocycles. The fraction of sp³-hybridized carbons (Fsp3) is 0.867. The quantitative estimate of drug-likeness (QED) is 0.802. The average molecular weight is 268 g/mol. The predicted molar refractivity (Wildman–Crippen MR) is 76.6 cm³/mol. The van der Waals surface area contributed by atoms with Crippen LogP contribution in [0.3, 0.4) is 0 Å². The highest BCUT2D eigenvalue weighted by atomic mass is 16.2. The second-order valence-corrected chi connectivity index (χ2v) is 6.01. The molecule has 2 amide bonds. The Morgan fingerprint density at radius 3 is 2.32 bits per heavy atom. The van der Waals surface area contributed by atoms with E-state index in [1.165, 1.54) is 19.3 Å². The Kier molecular flexibility index (Phi) is 6.32. The minimum absolute atomic E-state index is 0.0275. The van der Waals surface area contributed by atoms with Crippen LogP contribution < -0.4 is 10.6 Å². The largest absolute Gasteiger partial charge is 0.351 e. The van der Waals surface area contributed by atoms with E-state index in [2.05, 4.69) is 24.5 Å². The van der Waals surface area contributed by atoms with E-state index in [0.717, 1.165) is 6.42 Å². The third-order valence-corrected chi connectivity index (χ3v) is 4.36. The fourth-order valence-electron chi connectivity index (χ4n) is 2.73. The van der Waals surface area contributed by atoms with Crippen molar-refractivity contribution in [1.82, 2.24) is 10.6 Å². The Morgan fingerprint density at radius 2 is 1.79 bits per heavy atom. The van der Waals surface area contributed by atoms with Crippen molar-refractivity contribution >= 4 is 11.8 Å².